The van der Waals surface area contributed by atoms with Crippen LogP contribution in [-0.4, -0.2) is 23.5 Å². The van der Waals surface area contributed by atoms with Crippen LogP contribution in [-0.2, 0) is 4.57 Å². The van der Waals surface area contributed by atoms with Crippen molar-refractivity contribution in [2.24, 2.45) is 0 Å². The molecule has 0 aliphatic heterocycles. The minimum atomic E-state index is -3.13. The summed E-state index contributed by atoms with van der Waals surface area (Å²) in [5, 5.41) is 0.734. The molecule has 3 nitrogen and oxygen atoms in total. The van der Waals surface area contributed by atoms with Gasteiger partial charge in [0.1, 0.15) is 0 Å². The maximum atomic E-state index is 13.2. The van der Waals surface area contributed by atoms with Crippen molar-refractivity contribution >= 4 is 41.3 Å². The Kier molecular flexibility index (Phi) is 7.66. The van der Waals surface area contributed by atoms with E-state index in [-0.39, 0.29) is 5.75 Å². The molecule has 0 N–H and O–H groups in total. The predicted octanol–water partition coefficient (Wildman–Crippen LogP) is 6.05. The molecule has 0 spiro atoms. The molecule has 0 radical (unpaired) electrons. The molecule has 0 fully saturated rings. The van der Waals surface area contributed by atoms with Crippen molar-refractivity contribution in [3.63, 3.8) is 0 Å². The molecule has 1 atom stereocenters. The summed E-state index contributed by atoms with van der Waals surface area (Å²) in [5.41, 5.74) is 0.925. The van der Waals surface area contributed by atoms with Crippen LogP contribution in [0.25, 0.3) is 0 Å². The third-order valence-corrected chi connectivity index (χ3v) is 8.07. The Morgan fingerprint density at radius 1 is 1.33 bits per heavy atom. The fourth-order valence-corrected chi connectivity index (χ4v) is 6.74. The summed E-state index contributed by atoms with van der Waals surface area (Å²) in [6, 6.07) is 3.49. The van der Waals surface area contributed by atoms with Crippen LogP contribution in [0.2, 0.25) is 10.0 Å². The third-order valence-electron chi connectivity index (χ3n) is 2.78. The van der Waals surface area contributed by atoms with Gasteiger partial charge in [0.25, 0.3) is 0 Å². The lowest BCUT2D eigenvalue weighted by Gasteiger charge is -2.29. The van der Waals surface area contributed by atoms with Crippen molar-refractivity contribution in [2.75, 3.05) is 18.8 Å². The van der Waals surface area contributed by atoms with Gasteiger partial charge in [-0.1, -0.05) is 43.1 Å². The number of hydrogen-bond donors (Lipinski definition) is 0. The van der Waals surface area contributed by atoms with Gasteiger partial charge < -0.3 is 4.52 Å². The summed E-state index contributed by atoms with van der Waals surface area (Å²) in [7, 11) is 0. The van der Waals surface area contributed by atoms with Crippen LogP contribution in [0, 0.1) is 6.92 Å². The van der Waals surface area contributed by atoms with Crippen molar-refractivity contribution in [3.05, 3.63) is 40.4 Å². The highest BCUT2D eigenvalue weighted by molar-refractivity contribution is 8.56. The first-order valence-electron chi connectivity index (χ1n) is 6.64. The fraction of sp³-hybridized carbons (Fsp3) is 0.429. The number of nitrogens with zero attached hydrogens (tertiary/aromatic N) is 1. The second-order valence-electron chi connectivity index (χ2n) is 4.34. The number of aryl methyl sites for hydroxylation is 1. The van der Waals surface area contributed by atoms with Gasteiger partial charge in [-0.05, 0) is 36.0 Å². The molecule has 7 heteroatoms. The zero-order valence-electron chi connectivity index (χ0n) is 12.4. The van der Waals surface area contributed by atoms with Crippen molar-refractivity contribution in [3.8, 4) is 5.75 Å². The molecule has 0 saturated heterocycles. The Bertz CT molecular complexity index is 527. The minimum absolute atomic E-state index is 0.274. The van der Waals surface area contributed by atoms with Crippen LogP contribution < -0.4 is 4.52 Å². The normalized spacial score (nSPS) is 14.0. The van der Waals surface area contributed by atoms with Crippen LogP contribution in [0.3, 0.4) is 0 Å². The van der Waals surface area contributed by atoms with Gasteiger partial charge in [0.05, 0.1) is 10.0 Å². The first-order valence-corrected chi connectivity index (χ1v) is 10.6. The van der Waals surface area contributed by atoms with Crippen LogP contribution in [0.1, 0.15) is 19.4 Å². The van der Waals surface area contributed by atoms with Gasteiger partial charge in [-0.3, -0.25) is 0 Å². The minimum Gasteiger partial charge on any atom is -0.422 e. The summed E-state index contributed by atoms with van der Waals surface area (Å²) < 4.78 is 20.8. The van der Waals surface area contributed by atoms with Crippen LogP contribution in [0.5, 0.6) is 5.75 Å². The topological polar surface area (TPSA) is 29.5 Å². The van der Waals surface area contributed by atoms with Crippen LogP contribution in [0.4, 0.5) is 0 Å². The molecule has 0 heterocycles. The molecule has 0 aliphatic carbocycles. The van der Waals surface area contributed by atoms with Gasteiger partial charge in [0, 0.05) is 18.8 Å². The highest BCUT2D eigenvalue weighted by atomic mass is 35.5. The van der Waals surface area contributed by atoms with Crippen LogP contribution >= 0.6 is 41.3 Å². The van der Waals surface area contributed by atoms with Crippen molar-refractivity contribution in [1.82, 2.24) is 4.67 Å². The Morgan fingerprint density at radius 3 is 2.29 bits per heavy atom. The SMILES string of the molecule is C=CCSP(=O)(Oc1c(Cl)cc(C)cc1Cl)N(CC)CC. The maximum Gasteiger partial charge on any atom is 0.377 e. The van der Waals surface area contributed by atoms with Gasteiger partial charge in [-0.15, -0.1) is 6.58 Å². The molecular formula is C14H20Cl2NO2PS. The van der Waals surface area contributed by atoms with E-state index in [2.05, 4.69) is 6.58 Å². The van der Waals surface area contributed by atoms with E-state index in [0.29, 0.717) is 28.9 Å². The average molecular weight is 368 g/mol. The second-order valence-corrected chi connectivity index (χ2v) is 9.59. The molecule has 21 heavy (non-hydrogen) atoms. The molecule has 0 aliphatic rings. The van der Waals surface area contributed by atoms with Gasteiger partial charge >= 0.3 is 6.72 Å². The maximum absolute atomic E-state index is 13.2. The largest absolute Gasteiger partial charge is 0.422 e. The number of hydrogen-bond acceptors (Lipinski definition) is 3. The summed E-state index contributed by atoms with van der Waals surface area (Å²) in [6.45, 7) is 7.51. The lowest BCUT2D eigenvalue weighted by molar-refractivity contribution is 0.389. The zero-order valence-corrected chi connectivity index (χ0v) is 15.7. The lowest BCUT2D eigenvalue weighted by atomic mass is 10.2. The molecule has 0 aromatic heterocycles. The van der Waals surface area contributed by atoms with Crippen LogP contribution in [0.15, 0.2) is 24.8 Å². The molecule has 0 saturated carbocycles. The van der Waals surface area contributed by atoms with E-state index in [4.69, 9.17) is 27.7 Å². The fourth-order valence-electron chi connectivity index (χ4n) is 1.77. The zero-order chi connectivity index (χ0) is 16.0. The smallest absolute Gasteiger partial charge is 0.377 e. The van der Waals surface area contributed by atoms with Crippen molar-refractivity contribution in [2.45, 2.75) is 20.8 Å². The summed E-state index contributed by atoms with van der Waals surface area (Å²) >= 11 is 13.6. The predicted molar refractivity (Wildman–Crippen MR) is 95.0 cm³/mol. The van der Waals surface area contributed by atoms with Crippen molar-refractivity contribution < 1.29 is 9.09 Å². The molecule has 0 bridgehead atoms. The van der Waals surface area contributed by atoms with E-state index in [1.54, 1.807) is 22.9 Å². The van der Waals surface area contributed by atoms with Gasteiger partial charge in [-0.2, -0.15) is 0 Å². The summed E-state index contributed by atoms with van der Waals surface area (Å²) in [5.74, 6) is 0.797. The highest BCUT2D eigenvalue weighted by Crippen LogP contribution is 2.63. The first kappa shape index (κ1) is 18.9. The highest BCUT2D eigenvalue weighted by Gasteiger charge is 2.33. The lowest BCUT2D eigenvalue weighted by Crippen LogP contribution is -2.21. The summed E-state index contributed by atoms with van der Waals surface area (Å²) in [4.78, 5) is 0. The standard InChI is InChI=1S/C14H20Cl2NO2PS/c1-5-8-21-20(18,17(6-2)7-3)19-14-12(15)9-11(4)10-13(14)16/h5,9-10H,1,6-8H2,2-4H3. The Labute approximate surface area is 140 Å². The van der Waals surface area contributed by atoms with E-state index in [1.165, 1.54) is 11.4 Å². The number of rotatable bonds is 8. The third kappa shape index (κ3) is 4.94. The van der Waals surface area contributed by atoms with Gasteiger partial charge in [-0.25, -0.2) is 9.24 Å². The number of benzene rings is 1. The number of halogens is 2. The Morgan fingerprint density at radius 2 is 1.86 bits per heavy atom. The molecule has 0 amide bonds. The van der Waals surface area contributed by atoms with Crippen molar-refractivity contribution in [1.29, 1.82) is 0 Å². The average Bonchev–Trinajstić information content (AvgIpc) is 2.42. The first-order chi connectivity index (χ1) is 9.87. The summed E-state index contributed by atoms with van der Waals surface area (Å²) in [6.07, 6.45) is 1.70. The van der Waals surface area contributed by atoms with E-state index < -0.39 is 6.72 Å². The monoisotopic (exact) mass is 367 g/mol. The molecule has 1 aromatic carbocycles. The van der Waals surface area contributed by atoms with Gasteiger partial charge in [0.15, 0.2) is 5.75 Å². The Balaban J connectivity index is 3.18. The molecular weight excluding hydrogens is 348 g/mol. The molecule has 118 valence electrons. The Hall–Kier alpha value is -0.120. The van der Waals surface area contributed by atoms with E-state index in [1.807, 2.05) is 20.8 Å². The van der Waals surface area contributed by atoms with E-state index in [0.717, 1.165) is 5.56 Å². The van der Waals surface area contributed by atoms with Gasteiger partial charge in [0.2, 0.25) is 0 Å². The molecule has 1 aromatic rings. The van der Waals surface area contributed by atoms with E-state index in [9.17, 15) is 4.57 Å². The second kappa shape index (κ2) is 8.50. The molecule has 1 unspecified atom stereocenters. The quantitative estimate of drug-likeness (QED) is 0.413. The molecule has 1 rings (SSSR count). The van der Waals surface area contributed by atoms with E-state index >= 15 is 0 Å².